The molecule has 25 heavy (non-hydrogen) atoms. The van der Waals surface area contributed by atoms with Gasteiger partial charge in [0.25, 0.3) is 5.89 Å². The summed E-state index contributed by atoms with van der Waals surface area (Å²) in [7, 11) is 0. The van der Waals surface area contributed by atoms with Crippen molar-refractivity contribution in [2.24, 2.45) is 0 Å². The molecule has 0 radical (unpaired) electrons. The quantitative estimate of drug-likeness (QED) is 0.479. The molecule has 2 aromatic heterocycles. The smallest absolute Gasteiger partial charge is 0.336 e. The lowest BCUT2D eigenvalue weighted by molar-refractivity contribution is 0.264. The molecule has 0 aliphatic rings. The third-order valence-corrected chi connectivity index (χ3v) is 4.04. The summed E-state index contributed by atoms with van der Waals surface area (Å²) in [6.07, 6.45) is 0. The van der Waals surface area contributed by atoms with Gasteiger partial charge in [-0.2, -0.15) is 0 Å². The third-order valence-electron chi connectivity index (χ3n) is 3.51. The van der Waals surface area contributed by atoms with E-state index in [0.29, 0.717) is 23.1 Å². The van der Waals surface area contributed by atoms with E-state index >= 15 is 0 Å². The molecule has 0 fully saturated rings. The van der Waals surface area contributed by atoms with Crippen LogP contribution in [0, 0.1) is 0 Å². The van der Waals surface area contributed by atoms with Crippen LogP contribution in [0.15, 0.2) is 72.7 Å². The fraction of sp³-hybridized carbons (Fsp3) is 0.0556. The zero-order valence-corrected chi connectivity index (χ0v) is 14.4. The van der Waals surface area contributed by atoms with Crippen LogP contribution in [0.3, 0.4) is 0 Å². The molecule has 0 saturated carbocycles. The van der Waals surface area contributed by atoms with Gasteiger partial charge >= 0.3 is 5.63 Å². The van der Waals surface area contributed by atoms with Gasteiger partial charge in [-0.05, 0) is 42.5 Å². The van der Waals surface area contributed by atoms with Crippen LogP contribution in [0.5, 0.6) is 5.75 Å². The van der Waals surface area contributed by atoms with Gasteiger partial charge in [-0.25, -0.2) is 4.79 Å². The van der Waals surface area contributed by atoms with Crippen LogP contribution in [-0.4, -0.2) is 10.2 Å². The fourth-order valence-corrected chi connectivity index (χ4v) is 2.56. The van der Waals surface area contributed by atoms with Crippen LogP contribution < -0.4 is 10.4 Å². The molecular weight excluding hydrogens is 388 g/mol. The van der Waals surface area contributed by atoms with E-state index in [2.05, 4.69) is 26.1 Å². The largest absolute Gasteiger partial charge is 0.484 e. The SMILES string of the molecule is O=c1ccc2ccc(OCc3nnc(-c4ccc(Br)cc4)o3)cc2o1. The Labute approximate surface area is 150 Å². The second-order valence-electron chi connectivity index (χ2n) is 5.25. The van der Waals surface area contributed by atoms with Crippen molar-refractivity contribution >= 4 is 26.9 Å². The Balaban J connectivity index is 1.50. The molecule has 124 valence electrons. The highest BCUT2D eigenvalue weighted by Gasteiger charge is 2.09. The third kappa shape index (κ3) is 3.46. The molecule has 0 aliphatic heterocycles. The Morgan fingerprint density at radius 2 is 1.76 bits per heavy atom. The average molecular weight is 399 g/mol. The summed E-state index contributed by atoms with van der Waals surface area (Å²) < 4.78 is 17.4. The topological polar surface area (TPSA) is 78.4 Å². The summed E-state index contributed by atoms with van der Waals surface area (Å²) in [6, 6.07) is 15.9. The fourth-order valence-electron chi connectivity index (χ4n) is 2.30. The zero-order valence-electron chi connectivity index (χ0n) is 12.8. The first kappa shape index (κ1) is 15.6. The molecule has 2 aromatic carbocycles. The van der Waals surface area contributed by atoms with E-state index in [-0.39, 0.29) is 6.61 Å². The van der Waals surface area contributed by atoms with Crippen molar-refractivity contribution in [1.29, 1.82) is 0 Å². The van der Waals surface area contributed by atoms with Crippen molar-refractivity contribution in [2.75, 3.05) is 0 Å². The molecule has 4 rings (SSSR count). The van der Waals surface area contributed by atoms with Crippen LogP contribution in [0.4, 0.5) is 0 Å². The number of benzene rings is 2. The normalized spacial score (nSPS) is 10.9. The lowest BCUT2D eigenvalue weighted by Gasteiger charge is -2.04. The van der Waals surface area contributed by atoms with Gasteiger partial charge < -0.3 is 13.6 Å². The average Bonchev–Trinajstić information content (AvgIpc) is 3.09. The first-order valence-electron chi connectivity index (χ1n) is 7.42. The first-order valence-corrected chi connectivity index (χ1v) is 8.22. The van der Waals surface area contributed by atoms with E-state index < -0.39 is 5.63 Å². The van der Waals surface area contributed by atoms with Crippen molar-refractivity contribution < 1.29 is 13.6 Å². The van der Waals surface area contributed by atoms with Crippen molar-refractivity contribution in [2.45, 2.75) is 6.61 Å². The molecule has 0 amide bonds. The van der Waals surface area contributed by atoms with Crippen molar-refractivity contribution in [1.82, 2.24) is 10.2 Å². The maximum atomic E-state index is 11.3. The van der Waals surface area contributed by atoms with Gasteiger partial charge in [-0.15, -0.1) is 10.2 Å². The van der Waals surface area contributed by atoms with E-state index in [4.69, 9.17) is 13.6 Å². The second kappa shape index (κ2) is 6.52. The monoisotopic (exact) mass is 398 g/mol. The zero-order chi connectivity index (χ0) is 17.2. The highest BCUT2D eigenvalue weighted by atomic mass is 79.9. The molecule has 0 spiro atoms. The molecule has 6 nitrogen and oxygen atoms in total. The van der Waals surface area contributed by atoms with Crippen molar-refractivity contribution in [3.8, 4) is 17.2 Å². The molecular formula is C18H11BrN2O4. The number of rotatable bonds is 4. The minimum absolute atomic E-state index is 0.117. The Morgan fingerprint density at radius 1 is 0.960 bits per heavy atom. The number of aromatic nitrogens is 2. The number of fused-ring (bicyclic) bond motifs is 1. The van der Waals surface area contributed by atoms with Gasteiger partial charge in [0.1, 0.15) is 11.3 Å². The Hall–Kier alpha value is -2.93. The highest BCUT2D eigenvalue weighted by molar-refractivity contribution is 9.10. The lowest BCUT2D eigenvalue weighted by atomic mass is 10.2. The number of hydrogen-bond acceptors (Lipinski definition) is 6. The Kier molecular flexibility index (Phi) is 4.07. The van der Waals surface area contributed by atoms with Gasteiger partial charge in [-0.1, -0.05) is 15.9 Å². The van der Waals surface area contributed by atoms with Gasteiger partial charge in [0.05, 0.1) is 0 Å². The van der Waals surface area contributed by atoms with E-state index in [1.54, 1.807) is 18.2 Å². The Morgan fingerprint density at radius 3 is 2.60 bits per heavy atom. The lowest BCUT2D eigenvalue weighted by Crippen LogP contribution is -1.97. The molecule has 0 aliphatic carbocycles. The standard InChI is InChI=1S/C18H11BrN2O4/c19-13-5-1-12(2-6-13)18-21-20-16(25-18)10-23-14-7-3-11-4-8-17(22)24-15(11)9-14/h1-9H,10H2. The highest BCUT2D eigenvalue weighted by Crippen LogP contribution is 2.22. The number of ether oxygens (including phenoxy) is 1. The van der Waals surface area contributed by atoms with E-state index in [0.717, 1.165) is 15.4 Å². The van der Waals surface area contributed by atoms with Crippen LogP contribution >= 0.6 is 15.9 Å². The van der Waals surface area contributed by atoms with Crippen LogP contribution in [0.2, 0.25) is 0 Å². The van der Waals surface area contributed by atoms with Crippen LogP contribution in [0.1, 0.15) is 5.89 Å². The maximum absolute atomic E-state index is 11.3. The van der Waals surface area contributed by atoms with Crippen molar-refractivity contribution in [3.05, 3.63) is 75.4 Å². The van der Waals surface area contributed by atoms with Crippen LogP contribution in [-0.2, 0) is 6.61 Å². The molecule has 0 atom stereocenters. The predicted molar refractivity (Wildman–Crippen MR) is 94.2 cm³/mol. The molecule has 4 aromatic rings. The summed E-state index contributed by atoms with van der Waals surface area (Å²) in [5.41, 5.74) is 0.890. The first-order chi connectivity index (χ1) is 12.2. The van der Waals surface area contributed by atoms with E-state index in [1.807, 2.05) is 30.3 Å². The summed E-state index contributed by atoms with van der Waals surface area (Å²) in [5.74, 6) is 1.33. The number of hydrogen-bond donors (Lipinski definition) is 0. The Bertz CT molecular complexity index is 1090. The minimum atomic E-state index is -0.402. The van der Waals surface area contributed by atoms with Gasteiger partial charge in [-0.3, -0.25) is 0 Å². The molecule has 0 saturated heterocycles. The molecule has 2 heterocycles. The number of nitrogens with zero attached hydrogens (tertiary/aromatic N) is 2. The molecule has 7 heteroatoms. The van der Waals surface area contributed by atoms with Crippen molar-refractivity contribution in [3.63, 3.8) is 0 Å². The number of halogens is 1. The summed E-state index contributed by atoms with van der Waals surface area (Å²) in [5, 5.41) is 8.82. The summed E-state index contributed by atoms with van der Waals surface area (Å²) in [4.78, 5) is 11.3. The summed E-state index contributed by atoms with van der Waals surface area (Å²) >= 11 is 3.38. The molecule has 0 bridgehead atoms. The molecule has 0 unspecified atom stereocenters. The molecule has 0 N–H and O–H groups in total. The van der Waals surface area contributed by atoms with Gasteiger partial charge in [0.2, 0.25) is 5.89 Å². The van der Waals surface area contributed by atoms with E-state index in [9.17, 15) is 4.79 Å². The van der Waals surface area contributed by atoms with Gasteiger partial charge in [0, 0.05) is 27.6 Å². The predicted octanol–water partition coefficient (Wildman–Crippen LogP) is 4.18. The maximum Gasteiger partial charge on any atom is 0.336 e. The minimum Gasteiger partial charge on any atom is -0.484 e. The summed E-state index contributed by atoms with van der Waals surface area (Å²) in [6.45, 7) is 0.117. The van der Waals surface area contributed by atoms with Crippen LogP contribution in [0.25, 0.3) is 22.4 Å². The van der Waals surface area contributed by atoms with Gasteiger partial charge in [0.15, 0.2) is 6.61 Å². The van der Waals surface area contributed by atoms with E-state index in [1.165, 1.54) is 6.07 Å². The second-order valence-corrected chi connectivity index (χ2v) is 6.17.